The van der Waals surface area contributed by atoms with Gasteiger partial charge in [0.25, 0.3) is 0 Å². The van der Waals surface area contributed by atoms with Gasteiger partial charge in [0.05, 0.1) is 16.8 Å². The molecule has 0 radical (unpaired) electrons. The van der Waals surface area contributed by atoms with E-state index in [1.165, 1.54) is 30.3 Å². The number of carboxylic acid groups (broad SMARTS) is 1. The Hall–Kier alpha value is -4.34. The van der Waals surface area contributed by atoms with Crippen molar-refractivity contribution >= 4 is 35.3 Å². The lowest BCUT2D eigenvalue weighted by Crippen LogP contribution is -2.50. The van der Waals surface area contributed by atoms with Gasteiger partial charge in [-0.05, 0) is 67.3 Å². The number of benzene rings is 3. The van der Waals surface area contributed by atoms with Crippen LogP contribution in [0.4, 0.5) is 35.0 Å². The van der Waals surface area contributed by atoms with Crippen LogP contribution in [0, 0.1) is 22.9 Å². The fraction of sp³-hybridized carbons (Fsp3) is 0.300. The van der Waals surface area contributed by atoms with Crippen molar-refractivity contribution in [3.05, 3.63) is 89.7 Å². The van der Waals surface area contributed by atoms with Crippen LogP contribution in [0.2, 0.25) is 0 Å². The van der Waals surface area contributed by atoms with Crippen LogP contribution < -0.4 is 9.80 Å². The number of urea groups is 1. The zero-order valence-corrected chi connectivity index (χ0v) is 22.0. The van der Waals surface area contributed by atoms with Crippen LogP contribution in [0.5, 0.6) is 0 Å². The van der Waals surface area contributed by atoms with Crippen molar-refractivity contribution in [2.75, 3.05) is 36.5 Å². The molecule has 7 nitrogen and oxygen atoms in total. The third kappa shape index (κ3) is 6.11. The van der Waals surface area contributed by atoms with Crippen LogP contribution in [0.1, 0.15) is 24.8 Å². The highest BCUT2D eigenvalue weighted by atomic mass is 19.1. The van der Waals surface area contributed by atoms with E-state index in [0.29, 0.717) is 36.3 Å². The van der Waals surface area contributed by atoms with Gasteiger partial charge in [-0.1, -0.05) is 24.3 Å². The number of halogens is 3. The summed E-state index contributed by atoms with van der Waals surface area (Å²) in [5, 5.41) is 9.40. The fourth-order valence-corrected chi connectivity index (χ4v) is 5.06. The molecule has 2 aliphatic rings. The Morgan fingerprint density at radius 2 is 1.65 bits per heavy atom. The molecular formula is C30H30F3N3O4. The summed E-state index contributed by atoms with van der Waals surface area (Å²) in [6.07, 6.45) is 1.76. The summed E-state index contributed by atoms with van der Waals surface area (Å²) < 4.78 is 40.0. The van der Waals surface area contributed by atoms with Gasteiger partial charge in [0.15, 0.2) is 0 Å². The van der Waals surface area contributed by atoms with Gasteiger partial charge < -0.3 is 19.7 Å². The summed E-state index contributed by atoms with van der Waals surface area (Å²) in [6, 6.07) is 16.7. The molecule has 0 spiro atoms. The van der Waals surface area contributed by atoms with E-state index in [9.17, 15) is 32.7 Å². The number of hydrogen-bond donors (Lipinski definition) is 1. The first-order chi connectivity index (χ1) is 19.1. The third-order valence-corrected chi connectivity index (χ3v) is 7.50. The van der Waals surface area contributed by atoms with E-state index in [-0.39, 0.29) is 55.8 Å². The third-order valence-electron chi connectivity index (χ3n) is 7.50. The number of hydrogen-bond acceptors (Lipinski definition) is 4. The topological polar surface area (TPSA) is 81.2 Å². The van der Waals surface area contributed by atoms with E-state index in [1.54, 1.807) is 58.1 Å². The van der Waals surface area contributed by atoms with Crippen LogP contribution in [-0.2, 0) is 16.0 Å². The van der Waals surface area contributed by atoms with Gasteiger partial charge in [0.2, 0.25) is 0 Å². The number of aliphatic carboxylic acids is 1. The maximum absolute atomic E-state index is 13.5. The number of fused-ring (bicyclic) bond motifs is 1. The molecule has 1 N–H and O–H groups in total. The molecule has 40 heavy (non-hydrogen) atoms. The molecule has 0 bridgehead atoms. The average molecular weight is 554 g/mol. The van der Waals surface area contributed by atoms with Crippen molar-refractivity contribution in [2.24, 2.45) is 5.41 Å². The highest BCUT2D eigenvalue weighted by molar-refractivity contribution is 5.94. The lowest BCUT2D eigenvalue weighted by atomic mass is 9.76. The molecule has 1 saturated heterocycles. The van der Waals surface area contributed by atoms with E-state index in [2.05, 4.69) is 0 Å². The molecule has 0 unspecified atom stereocenters. The number of likely N-dealkylation sites (tertiary alicyclic amines) is 1. The summed E-state index contributed by atoms with van der Waals surface area (Å²) in [5.74, 6) is -2.03. The molecule has 2 amide bonds. The maximum Gasteiger partial charge on any atom is 0.324 e. The summed E-state index contributed by atoms with van der Waals surface area (Å²) >= 11 is 0. The number of carbonyl (C=O) groups excluding carboxylic acids is 2. The minimum Gasteiger partial charge on any atom is -0.481 e. The predicted octanol–water partition coefficient (Wildman–Crippen LogP) is 5.80. The molecule has 0 aromatic heterocycles. The van der Waals surface area contributed by atoms with Crippen molar-refractivity contribution in [2.45, 2.75) is 25.7 Å². The van der Waals surface area contributed by atoms with E-state index in [4.69, 9.17) is 0 Å². The van der Waals surface area contributed by atoms with Crippen LogP contribution in [0.25, 0.3) is 0 Å². The molecule has 210 valence electrons. The van der Waals surface area contributed by atoms with E-state index in [1.807, 2.05) is 0 Å². The SMILES string of the molecule is CN(c1cccc(F)c1)c1ccccc1F.O=CCC1(C(=O)O)CCN(C(=O)N2CCc3ccc(F)cc32)CC1. The number of carboxylic acids is 1. The molecule has 3 aromatic carbocycles. The Labute approximate surface area is 230 Å². The van der Waals surface area contributed by atoms with E-state index in [0.717, 1.165) is 5.56 Å². The summed E-state index contributed by atoms with van der Waals surface area (Å²) in [5.41, 5.74) is 1.48. The maximum atomic E-state index is 13.5. The normalized spacial score (nSPS) is 15.5. The Balaban J connectivity index is 0.000000201. The average Bonchev–Trinajstić information content (AvgIpc) is 3.36. The first kappa shape index (κ1) is 28.7. The molecule has 1 fully saturated rings. The van der Waals surface area contributed by atoms with Crippen molar-refractivity contribution in [3.63, 3.8) is 0 Å². The van der Waals surface area contributed by atoms with Crippen LogP contribution in [-0.4, -0.2) is 55.0 Å². The first-order valence-corrected chi connectivity index (χ1v) is 12.9. The number of aldehydes is 1. The van der Waals surface area contributed by atoms with Gasteiger partial charge in [0, 0.05) is 38.8 Å². The van der Waals surface area contributed by atoms with Crippen molar-refractivity contribution < 1.29 is 32.7 Å². The summed E-state index contributed by atoms with van der Waals surface area (Å²) in [4.78, 5) is 39.7. The molecule has 3 aromatic rings. The molecule has 0 saturated carbocycles. The molecule has 0 atom stereocenters. The highest BCUT2D eigenvalue weighted by Crippen LogP contribution is 2.36. The Morgan fingerprint density at radius 3 is 2.30 bits per heavy atom. The van der Waals surface area contributed by atoms with E-state index >= 15 is 0 Å². The van der Waals surface area contributed by atoms with Gasteiger partial charge in [0.1, 0.15) is 23.7 Å². The number of nitrogens with zero attached hydrogens (tertiary/aromatic N) is 3. The lowest BCUT2D eigenvalue weighted by molar-refractivity contribution is -0.153. The minimum atomic E-state index is -1.08. The quantitative estimate of drug-likeness (QED) is 0.404. The van der Waals surface area contributed by atoms with Crippen LogP contribution >= 0.6 is 0 Å². The van der Waals surface area contributed by atoms with Crippen molar-refractivity contribution in [3.8, 4) is 0 Å². The van der Waals surface area contributed by atoms with Gasteiger partial charge >= 0.3 is 12.0 Å². The number of anilines is 3. The highest BCUT2D eigenvalue weighted by Gasteiger charge is 2.43. The molecule has 10 heteroatoms. The number of rotatable bonds is 5. The number of para-hydroxylation sites is 1. The number of amides is 2. The predicted molar refractivity (Wildman–Crippen MR) is 145 cm³/mol. The van der Waals surface area contributed by atoms with Crippen LogP contribution in [0.3, 0.4) is 0 Å². The summed E-state index contributed by atoms with van der Waals surface area (Å²) in [7, 11) is 1.70. The zero-order valence-electron chi connectivity index (χ0n) is 22.0. The molecule has 0 aliphatic carbocycles. The largest absolute Gasteiger partial charge is 0.481 e. The zero-order chi connectivity index (χ0) is 28.9. The first-order valence-electron chi connectivity index (χ1n) is 12.9. The van der Waals surface area contributed by atoms with Crippen molar-refractivity contribution in [1.29, 1.82) is 0 Å². The van der Waals surface area contributed by atoms with Gasteiger partial charge in [-0.3, -0.25) is 9.69 Å². The molecule has 2 aliphatic heterocycles. The van der Waals surface area contributed by atoms with Gasteiger partial charge in [-0.25, -0.2) is 18.0 Å². The second-order valence-electron chi connectivity index (χ2n) is 9.89. The van der Waals surface area contributed by atoms with E-state index < -0.39 is 11.4 Å². The fourth-order valence-electron chi connectivity index (χ4n) is 5.06. The van der Waals surface area contributed by atoms with Gasteiger partial charge in [-0.2, -0.15) is 0 Å². The Bertz CT molecular complexity index is 1390. The van der Waals surface area contributed by atoms with Gasteiger partial charge in [-0.15, -0.1) is 0 Å². The monoisotopic (exact) mass is 553 g/mol. The second-order valence-corrected chi connectivity index (χ2v) is 9.89. The Kier molecular flexibility index (Phi) is 8.77. The molecular weight excluding hydrogens is 523 g/mol. The Morgan fingerprint density at radius 1 is 0.950 bits per heavy atom. The summed E-state index contributed by atoms with van der Waals surface area (Å²) in [6.45, 7) is 1.05. The standard InChI is InChI=1S/C17H19FN2O4.C13H11F2N/c18-13-2-1-12-3-7-20(14(12)11-13)16(24)19-8-4-17(5-9-19,6-10-21)15(22)23;1-16(11-6-4-5-10(14)9-11)13-8-3-2-7-12(13)15/h1-2,10-11H,3-9H2,(H,22,23);2-9H,1H3. The minimum absolute atomic E-state index is 0.0396. The molecule has 2 heterocycles. The number of carbonyl (C=O) groups is 3. The smallest absolute Gasteiger partial charge is 0.324 e. The number of piperidine rings is 1. The van der Waals surface area contributed by atoms with Crippen molar-refractivity contribution in [1.82, 2.24) is 4.90 Å². The second kappa shape index (κ2) is 12.2. The molecule has 5 rings (SSSR count). The van der Waals surface area contributed by atoms with Crippen LogP contribution in [0.15, 0.2) is 66.7 Å². The lowest BCUT2D eigenvalue weighted by Gasteiger charge is -2.39.